The zero-order valence-electron chi connectivity index (χ0n) is 12.8. The minimum Gasteiger partial charge on any atom is -0.324 e. The second-order valence-corrected chi connectivity index (χ2v) is 7.15. The summed E-state index contributed by atoms with van der Waals surface area (Å²) in [5.41, 5.74) is 9.81. The van der Waals surface area contributed by atoms with Gasteiger partial charge < -0.3 is 5.73 Å². The molecule has 0 spiro atoms. The summed E-state index contributed by atoms with van der Waals surface area (Å²) in [5.74, 6) is 0.799. The minimum absolute atomic E-state index is 0.0525. The number of hydrogen-bond acceptors (Lipinski definition) is 2. The van der Waals surface area contributed by atoms with Crippen LogP contribution in [0.25, 0.3) is 0 Å². The van der Waals surface area contributed by atoms with Gasteiger partial charge in [-0.3, -0.25) is 4.90 Å². The Morgan fingerprint density at radius 1 is 1.25 bits per heavy atom. The van der Waals surface area contributed by atoms with Crippen molar-refractivity contribution in [3.8, 4) is 0 Å². The van der Waals surface area contributed by atoms with E-state index in [0.29, 0.717) is 0 Å². The number of hydrogen-bond donors (Lipinski definition) is 1. The largest absolute Gasteiger partial charge is 0.324 e. The maximum atomic E-state index is 6.71. The Bertz CT molecular complexity index is 456. The number of nitrogens with zero attached hydrogens (tertiary/aromatic N) is 1. The molecule has 2 unspecified atom stereocenters. The third kappa shape index (κ3) is 3.24. The first kappa shape index (κ1) is 14.1. The van der Waals surface area contributed by atoms with Crippen molar-refractivity contribution >= 4 is 0 Å². The molecule has 2 heteroatoms. The lowest BCUT2D eigenvalue weighted by Gasteiger charge is -2.40. The van der Waals surface area contributed by atoms with Gasteiger partial charge in [-0.1, -0.05) is 44.0 Å². The molecule has 0 amide bonds. The summed E-state index contributed by atoms with van der Waals surface area (Å²) in [6.07, 6.45) is 7.56. The Morgan fingerprint density at radius 2 is 2.05 bits per heavy atom. The lowest BCUT2D eigenvalue weighted by Crippen LogP contribution is -2.52. The average molecular weight is 272 g/mol. The summed E-state index contributed by atoms with van der Waals surface area (Å²) in [5, 5.41) is 0. The highest BCUT2D eigenvalue weighted by Gasteiger charge is 2.33. The Hall–Kier alpha value is -0.860. The second kappa shape index (κ2) is 5.87. The van der Waals surface area contributed by atoms with Crippen molar-refractivity contribution in [2.24, 2.45) is 11.7 Å². The van der Waals surface area contributed by atoms with E-state index in [1.165, 1.54) is 56.2 Å². The van der Waals surface area contributed by atoms with Crippen LogP contribution < -0.4 is 5.73 Å². The number of aryl methyl sites for hydroxylation is 1. The van der Waals surface area contributed by atoms with Gasteiger partial charge in [0.05, 0.1) is 0 Å². The molecule has 0 aromatic heterocycles. The highest BCUT2D eigenvalue weighted by Crippen LogP contribution is 2.32. The van der Waals surface area contributed by atoms with E-state index >= 15 is 0 Å². The molecule has 2 nitrogen and oxygen atoms in total. The molecule has 1 heterocycles. The van der Waals surface area contributed by atoms with Gasteiger partial charge in [0.1, 0.15) is 0 Å². The van der Waals surface area contributed by atoms with E-state index in [1.54, 1.807) is 0 Å². The molecule has 0 radical (unpaired) electrons. The fourth-order valence-electron chi connectivity index (χ4n) is 4.19. The van der Waals surface area contributed by atoms with Crippen molar-refractivity contribution in [2.75, 3.05) is 13.1 Å². The van der Waals surface area contributed by atoms with Crippen LogP contribution in [0.5, 0.6) is 0 Å². The third-order valence-corrected chi connectivity index (χ3v) is 5.10. The smallest absolute Gasteiger partial charge is 0.0286 e. The van der Waals surface area contributed by atoms with Crippen molar-refractivity contribution in [2.45, 2.75) is 57.5 Å². The SMILES string of the molecule is CC1CCCC(N)(CN2CCCc3ccccc3C2)C1. The minimum atomic E-state index is 0.0525. The standard InChI is InChI=1S/C18H28N2/c1-15-6-4-10-18(19,12-15)14-20-11-5-9-16-7-2-3-8-17(16)13-20/h2-3,7-8,15H,4-6,9-14,19H2,1H3. The summed E-state index contributed by atoms with van der Waals surface area (Å²) in [4.78, 5) is 2.60. The fraction of sp³-hybridized carbons (Fsp3) is 0.667. The number of nitrogens with two attached hydrogens (primary N) is 1. The van der Waals surface area contributed by atoms with Crippen LogP contribution in [0.15, 0.2) is 24.3 Å². The molecule has 110 valence electrons. The average Bonchev–Trinajstić information content (AvgIpc) is 2.59. The molecular weight excluding hydrogens is 244 g/mol. The lowest BCUT2D eigenvalue weighted by atomic mass is 9.77. The van der Waals surface area contributed by atoms with E-state index in [1.807, 2.05) is 0 Å². The number of fused-ring (bicyclic) bond motifs is 1. The van der Waals surface area contributed by atoms with Gasteiger partial charge in [0.2, 0.25) is 0 Å². The first-order valence-electron chi connectivity index (χ1n) is 8.23. The van der Waals surface area contributed by atoms with E-state index < -0.39 is 0 Å². The van der Waals surface area contributed by atoms with Crippen LogP contribution in [0.1, 0.15) is 50.2 Å². The van der Waals surface area contributed by atoms with E-state index in [-0.39, 0.29) is 5.54 Å². The molecule has 2 aliphatic rings. The number of rotatable bonds is 2. The number of benzene rings is 1. The van der Waals surface area contributed by atoms with E-state index in [4.69, 9.17) is 5.73 Å². The predicted octanol–water partition coefficient (Wildman–Crippen LogP) is 3.34. The van der Waals surface area contributed by atoms with Crippen LogP contribution in [0, 0.1) is 5.92 Å². The molecule has 2 atom stereocenters. The quantitative estimate of drug-likeness (QED) is 0.894. The molecule has 0 bridgehead atoms. The molecule has 1 aliphatic heterocycles. The van der Waals surface area contributed by atoms with Gasteiger partial charge >= 0.3 is 0 Å². The van der Waals surface area contributed by atoms with Crippen molar-refractivity contribution in [3.05, 3.63) is 35.4 Å². The molecular formula is C18H28N2. The monoisotopic (exact) mass is 272 g/mol. The van der Waals surface area contributed by atoms with Crippen LogP contribution in [0.3, 0.4) is 0 Å². The summed E-state index contributed by atoms with van der Waals surface area (Å²) < 4.78 is 0. The molecule has 1 aliphatic carbocycles. The Labute approximate surface area is 123 Å². The maximum Gasteiger partial charge on any atom is 0.0286 e. The molecule has 1 fully saturated rings. The van der Waals surface area contributed by atoms with Gasteiger partial charge in [-0.25, -0.2) is 0 Å². The van der Waals surface area contributed by atoms with E-state index in [0.717, 1.165) is 19.0 Å². The van der Waals surface area contributed by atoms with Crippen molar-refractivity contribution in [1.82, 2.24) is 4.90 Å². The summed E-state index contributed by atoms with van der Waals surface area (Å²) in [6, 6.07) is 8.92. The van der Waals surface area contributed by atoms with Crippen LogP contribution in [-0.2, 0) is 13.0 Å². The molecule has 3 rings (SSSR count). The molecule has 1 aromatic rings. The van der Waals surface area contributed by atoms with Gasteiger partial charge in [0, 0.05) is 18.6 Å². The zero-order valence-corrected chi connectivity index (χ0v) is 12.8. The van der Waals surface area contributed by atoms with Crippen LogP contribution in [0.4, 0.5) is 0 Å². The van der Waals surface area contributed by atoms with Crippen LogP contribution in [-0.4, -0.2) is 23.5 Å². The van der Waals surface area contributed by atoms with Gasteiger partial charge in [-0.2, -0.15) is 0 Å². The second-order valence-electron chi connectivity index (χ2n) is 7.15. The van der Waals surface area contributed by atoms with Crippen molar-refractivity contribution in [3.63, 3.8) is 0 Å². The highest BCUT2D eigenvalue weighted by molar-refractivity contribution is 5.28. The van der Waals surface area contributed by atoms with Crippen molar-refractivity contribution < 1.29 is 0 Å². The van der Waals surface area contributed by atoms with Gasteiger partial charge in [0.25, 0.3) is 0 Å². The molecule has 1 saturated carbocycles. The lowest BCUT2D eigenvalue weighted by molar-refractivity contribution is 0.146. The topological polar surface area (TPSA) is 29.3 Å². The molecule has 0 saturated heterocycles. The Kier molecular flexibility index (Phi) is 4.13. The zero-order chi connectivity index (χ0) is 14.0. The van der Waals surface area contributed by atoms with Gasteiger partial charge in [-0.15, -0.1) is 0 Å². The molecule has 20 heavy (non-hydrogen) atoms. The predicted molar refractivity (Wildman–Crippen MR) is 84.6 cm³/mol. The first-order chi connectivity index (χ1) is 9.65. The molecule has 1 aromatic carbocycles. The van der Waals surface area contributed by atoms with Crippen molar-refractivity contribution in [1.29, 1.82) is 0 Å². The summed E-state index contributed by atoms with van der Waals surface area (Å²) >= 11 is 0. The van der Waals surface area contributed by atoms with E-state index in [2.05, 4.69) is 36.1 Å². The van der Waals surface area contributed by atoms with Gasteiger partial charge in [0.15, 0.2) is 0 Å². The Morgan fingerprint density at radius 3 is 2.85 bits per heavy atom. The van der Waals surface area contributed by atoms with Gasteiger partial charge in [-0.05, 0) is 49.3 Å². The normalized spacial score (nSPS) is 31.6. The fourth-order valence-corrected chi connectivity index (χ4v) is 4.19. The highest BCUT2D eigenvalue weighted by atomic mass is 15.1. The first-order valence-corrected chi connectivity index (χ1v) is 8.23. The van der Waals surface area contributed by atoms with Crippen LogP contribution >= 0.6 is 0 Å². The van der Waals surface area contributed by atoms with E-state index in [9.17, 15) is 0 Å². The Balaban J connectivity index is 1.69. The molecule has 2 N–H and O–H groups in total. The third-order valence-electron chi connectivity index (χ3n) is 5.10. The maximum absolute atomic E-state index is 6.71. The van der Waals surface area contributed by atoms with Crippen LogP contribution in [0.2, 0.25) is 0 Å². The summed E-state index contributed by atoms with van der Waals surface area (Å²) in [6.45, 7) is 5.72. The summed E-state index contributed by atoms with van der Waals surface area (Å²) in [7, 11) is 0.